The van der Waals surface area contributed by atoms with E-state index in [1.54, 1.807) is 32.4 Å². The van der Waals surface area contributed by atoms with E-state index in [0.717, 1.165) is 24.9 Å². The summed E-state index contributed by atoms with van der Waals surface area (Å²) in [4.78, 5) is 15.3. The highest BCUT2D eigenvalue weighted by Crippen LogP contribution is 2.30. The van der Waals surface area contributed by atoms with Gasteiger partial charge in [-0.3, -0.25) is 4.79 Å². The van der Waals surface area contributed by atoms with Crippen LogP contribution in [0.1, 0.15) is 24.8 Å². The molecule has 158 valence electrons. The summed E-state index contributed by atoms with van der Waals surface area (Å²) in [5, 5.41) is 12.0. The zero-order valence-electron chi connectivity index (χ0n) is 17.1. The Kier molecular flexibility index (Phi) is 7.48. The number of ether oxygens (including phenoxy) is 1. The monoisotopic (exact) mass is 444 g/mol. The van der Waals surface area contributed by atoms with Gasteiger partial charge in [-0.2, -0.15) is 0 Å². The van der Waals surface area contributed by atoms with E-state index < -0.39 is 0 Å². The number of nitrogens with zero attached hydrogens (tertiary/aromatic N) is 2. The highest BCUT2D eigenvalue weighted by Gasteiger charge is 2.23. The third-order valence-electron chi connectivity index (χ3n) is 5.09. The smallest absolute Gasteiger partial charge is 0.264 e. The molecule has 0 aliphatic heterocycles. The molecule has 5 nitrogen and oxygen atoms in total. The lowest BCUT2D eigenvalue weighted by Crippen LogP contribution is -2.36. The Bertz CT molecular complexity index is 1100. The molecule has 0 radical (unpaired) electrons. The molecule has 30 heavy (non-hydrogen) atoms. The molecule has 0 atom stereocenters. The van der Waals surface area contributed by atoms with E-state index in [1.807, 2.05) is 35.2 Å². The number of aromatic nitrogens is 1. The Morgan fingerprint density at radius 2 is 1.90 bits per heavy atom. The largest absolute Gasteiger partial charge is 0.506 e. The first kappa shape index (κ1) is 22.3. The van der Waals surface area contributed by atoms with Crippen molar-refractivity contribution in [3.05, 3.63) is 69.5 Å². The minimum atomic E-state index is -0.340. The number of benzene rings is 2. The minimum Gasteiger partial charge on any atom is -0.506 e. The van der Waals surface area contributed by atoms with Crippen LogP contribution in [-0.2, 0) is 11.8 Å². The number of para-hydroxylation sites is 1. The average Bonchev–Trinajstić information content (AvgIpc) is 2.75. The predicted octanol–water partition coefficient (Wildman–Crippen LogP) is 4.90. The lowest BCUT2D eigenvalue weighted by Gasteiger charge is -2.26. The van der Waals surface area contributed by atoms with Crippen LogP contribution in [0.2, 0.25) is 5.02 Å². The van der Waals surface area contributed by atoms with Gasteiger partial charge in [-0.25, -0.2) is 0 Å². The van der Waals surface area contributed by atoms with Gasteiger partial charge >= 0.3 is 0 Å². The Morgan fingerprint density at radius 1 is 1.17 bits per heavy atom. The normalized spacial score (nSPS) is 11.0. The molecule has 3 rings (SSSR count). The number of thiocarbonyl (C=S) groups is 1. The molecule has 1 heterocycles. The quantitative estimate of drug-likeness (QED) is 0.395. The molecule has 0 aliphatic rings. The second kappa shape index (κ2) is 10.1. The van der Waals surface area contributed by atoms with Crippen molar-refractivity contribution in [1.82, 2.24) is 4.57 Å². The molecule has 2 aromatic carbocycles. The van der Waals surface area contributed by atoms with E-state index >= 15 is 0 Å². The fourth-order valence-corrected chi connectivity index (χ4v) is 4.03. The molecule has 7 heteroatoms. The number of aryl methyl sites for hydroxylation is 1. The zero-order chi connectivity index (χ0) is 21.7. The molecule has 0 saturated heterocycles. The highest BCUT2D eigenvalue weighted by atomic mass is 35.5. The third kappa shape index (κ3) is 4.67. The lowest BCUT2D eigenvalue weighted by molar-refractivity contribution is 0.192. The summed E-state index contributed by atoms with van der Waals surface area (Å²) in [6.07, 6.45) is 2.80. The lowest BCUT2D eigenvalue weighted by atomic mass is 10.1. The Morgan fingerprint density at radius 3 is 2.60 bits per heavy atom. The topological polar surface area (TPSA) is 54.7 Å². The van der Waals surface area contributed by atoms with Crippen molar-refractivity contribution in [1.29, 1.82) is 0 Å². The van der Waals surface area contributed by atoms with Crippen molar-refractivity contribution in [3.8, 4) is 5.75 Å². The molecule has 0 aliphatic carbocycles. The van der Waals surface area contributed by atoms with Gasteiger partial charge in [-0.1, -0.05) is 42.0 Å². The number of aromatic hydroxyl groups is 1. The molecule has 0 fully saturated rings. The number of hydrogen-bond donors (Lipinski definition) is 1. The number of fused-ring (bicyclic) bond motifs is 1. The first-order valence-corrected chi connectivity index (χ1v) is 10.6. The second-order valence-corrected chi connectivity index (χ2v) is 7.92. The van der Waals surface area contributed by atoms with Crippen molar-refractivity contribution < 1.29 is 9.84 Å². The maximum atomic E-state index is 13.1. The van der Waals surface area contributed by atoms with Gasteiger partial charge in [-0.15, -0.1) is 0 Å². The van der Waals surface area contributed by atoms with Crippen LogP contribution >= 0.6 is 23.8 Å². The standard InChI is InChI=1S/C23H25ClN2O3S/c1-25-19-12-11-16(24)15-18(19)21(27)20(22(25)28)23(30)26(13-7-4-8-14-29-2)17-9-5-3-6-10-17/h3,5-6,9-12,15,27H,4,7-8,13-14H2,1-2H3. The first-order valence-electron chi connectivity index (χ1n) is 9.82. The van der Waals surface area contributed by atoms with Crippen LogP contribution in [0.4, 0.5) is 5.69 Å². The van der Waals surface area contributed by atoms with E-state index in [4.69, 9.17) is 28.6 Å². The van der Waals surface area contributed by atoms with Crippen molar-refractivity contribution in [2.75, 3.05) is 25.2 Å². The summed E-state index contributed by atoms with van der Waals surface area (Å²) < 4.78 is 6.61. The van der Waals surface area contributed by atoms with Gasteiger partial charge in [0.05, 0.1) is 5.52 Å². The second-order valence-electron chi connectivity index (χ2n) is 7.10. The van der Waals surface area contributed by atoms with Gasteiger partial charge in [0.2, 0.25) is 0 Å². The van der Waals surface area contributed by atoms with Gasteiger partial charge in [-0.05, 0) is 49.6 Å². The van der Waals surface area contributed by atoms with Crippen molar-refractivity contribution in [3.63, 3.8) is 0 Å². The summed E-state index contributed by atoms with van der Waals surface area (Å²) in [6, 6.07) is 14.7. The maximum absolute atomic E-state index is 13.1. The number of halogens is 1. The van der Waals surface area contributed by atoms with Crippen molar-refractivity contribution in [2.45, 2.75) is 19.3 Å². The minimum absolute atomic E-state index is 0.114. The Labute approximate surface area is 186 Å². The van der Waals surface area contributed by atoms with Crippen LogP contribution in [0.5, 0.6) is 5.75 Å². The van der Waals surface area contributed by atoms with Crippen LogP contribution in [0.3, 0.4) is 0 Å². The molecule has 1 aromatic heterocycles. The van der Waals surface area contributed by atoms with Crippen LogP contribution < -0.4 is 10.5 Å². The van der Waals surface area contributed by atoms with Gasteiger partial charge in [0.1, 0.15) is 16.3 Å². The molecule has 1 N–H and O–H groups in total. The summed E-state index contributed by atoms with van der Waals surface area (Å²) in [5.74, 6) is -0.138. The SMILES string of the molecule is COCCCCCN(C(=S)c1c(O)c2cc(Cl)ccc2n(C)c1=O)c1ccccc1. The third-order valence-corrected chi connectivity index (χ3v) is 5.75. The molecule has 0 bridgehead atoms. The van der Waals surface area contributed by atoms with Crippen LogP contribution in [0, 0.1) is 0 Å². The summed E-state index contributed by atoms with van der Waals surface area (Å²) in [5.41, 5.74) is 1.25. The van der Waals surface area contributed by atoms with E-state index in [0.29, 0.717) is 34.1 Å². The molecule has 0 saturated carbocycles. The van der Waals surface area contributed by atoms with Crippen molar-refractivity contribution >= 4 is 45.4 Å². The van der Waals surface area contributed by atoms with Crippen molar-refractivity contribution in [2.24, 2.45) is 7.05 Å². The van der Waals surface area contributed by atoms with Crippen LogP contribution in [0.15, 0.2) is 53.3 Å². The fourth-order valence-electron chi connectivity index (χ4n) is 3.48. The molecular formula is C23H25ClN2O3S. The number of unbranched alkanes of at least 4 members (excludes halogenated alkanes) is 2. The number of hydrogen-bond acceptors (Lipinski definition) is 4. The van der Waals surface area contributed by atoms with E-state index in [9.17, 15) is 9.90 Å². The number of rotatable bonds is 8. The maximum Gasteiger partial charge on any atom is 0.264 e. The Hall–Kier alpha value is -2.41. The summed E-state index contributed by atoms with van der Waals surface area (Å²) in [6.45, 7) is 1.34. The van der Waals surface area contributed by atoms with Crippen LogP contribution in [-0.4, -0.2) is 34.9 Å². The van der Waals surface area contributed by atoms with Gasteiger partial charge in [0.15, 0.2) is 0 Å². The van der Waals surface area contributed by atoms with E-state index in [1.165, 1.54) is 4.57 Å². The first-order chi connectivity index (χ1) is 14.5. The van der Waals surface area contributed by atoms with Gasteiger partial charge in [0.25, 0.3) is 5.56 Å². The summed E-state index contributed by atoms with van der Waals surface area (Å²) >= 11 is 11.9. The molecule has 0 spiro atoms. The molecule has 0 amide bonds. The fraction of sp³-hybridized carbons (Fsp3) is 0.304. The average molecular weight is 445 g/mol. The predicted molar refractivity (Wildman–Crippen MR) is 127 cm³/mol. The molecular weight excluding hydrogens is 420 g/mol. The van der Waals surface area contributed by atoms with Gasteiger partial charge < -0.3 is 19.3 Å². The van der Waals surface area contributed by atoms with E-state index in [-0.39, 0.29) is 16.9 Å². The number of methoxy groups -OCH3 is 1. The molecule has 3 aromatic rings. The highest BCUT2D eigenvalue weighted by molar-refractivity contribution is 7.81. The summed E-state index contributed by atoms with van der Waals surface area (Å²) in [7, 11) is 3.36. The van der Waals surface area contributed by atoms with Gasteiger partial charge in [0, 0.05) is 43.4 Å². The zero-order valence-corrected chi connectivity index (χ0v) is 18.7. The van der Waals surface area contributed by atoms with E-state index in [2.05, 4.69) is 0 Å². The number of pyridine rings is 1. The Balaban J connectivity index is 2.04. The van der Waals surface area contributed by atoms with Crippen LogP contribution in [0.25, 0.3) is 10.9 Å². The molecule has 0 unspecified atom stereocenters. The number of anilines is 1.